The Morgan fingerprint density at radius 1 is 1.44 bits per heavy atom. The second-order valence-electron chi connectivity index (χ2n) is 4.67. The Morgan fingerprint density at radius 3 is 2.83 bits per heavy atom. The maximum Gasteiger partial charge on any atom is 0.0897 e. The molecule has 104 valence electrons. The number of unbranched alkanes of at least 4 members (excludes halogenated alkanes) is 1. The van der Waals surface area contributed by atoms with Gasteiger partial charge in [-0.2, -0.15) is 0 Å². The Bertz CT molecular complexity index is 319. The predicted molar refractivity (Wildman–Crippen MR) is 77.2 cm³/mol. The number of nitrogens with one attached hydrogen (secondary N) is 1. The van der Waals surface area contributed by atoms with Gasteiger partial charge in [0, 0.05) is 29.5 Å². The average Bonchev–Trinajstić information content (AvgIpc) is 2.64. The SMILES string of the molecule is CCCCOCC(O)CNCc1cc(C)c(C)s1. The number of aliphatic hydroxyl groups excluding tert-OH is 1. The van der Waals surface area contributed by atoms with Gasteiger partial charge in [-0.15, -0.1) is 11.3 Å². The van der Waals surface area contributed by atoms with Gasteiger partial charge in [0.1, 0.15) is 0 Å². The van der Waals surface area contributed by atoms with Crippen molar-refractivity contribution in [2.24, 2.45) is 0 Å². The first-order valence-electron chi connectivity index (χ1n) is 6.66. The molecule has 0 amide bonds. The molecule has 1 aromatic heterocycles. The highest BCUT2D eigenvalue weighted by Crippen LogP contribution is 2.20. The third-order valence-corrected chi connectivity index (χ3v) is 4.00. The minimum atomic E-state index is -0.413. The molecule has 0 aliphatic carbocycles. The van der Waals surface area contributed by atoms with Crippen LogP contribution in [0.15, 0.2) is 6.07 Å². The summed E-state index contributed by atoms with van der Waals surface area (Å²) in [6.45, 7) is 8.98. The number of ether oxygens (including phenoxy) is 1. The number of hydrogen-bond donors (Lipinski definition) is 2. The van der Waals surface area contributed by atoms with Crippen molar-refractivity contribution in [2.45, 2.75) is 46.3 Å². The van der Waals surface area contributed by atoms with Crippen LogP contribution >= 0.6 is 11.3 Å². The zero-order valence-corrected chi connectivity index (χ0v) is 12.5. The molecular formula is C14H25NO2S. The second-order valence-corrected chi connectivity index (χ2v) is 6.01. The second kappa shape index (κ2) is 8.64. The van der Waals surface area contributed by atoms with Crippen LogP contribution in [0.5, 0.6) is 0 Å². The minimum absolute atomic E-state index is 0.413. The van der Waals surface area contributed by atoms with Crippen molar-refractivity contribution in [1.29, 1.82) is 0 Å². The molecule has 1 unspecified atom stereocenters. The Labute approximate surface area is 114 Å². The van der Waals surface area contributed by atoms with Gasteiger partial charge in [-0.05, 0) is 31.9 Å². The summed E-state index contributed by atoms with van der Waals surface area (Å²) in [6, 6.07) is 2.21. The minimum Gasteiger partial charge on any atom is -0.389 e. The Balaban J connectivity index is 2.09. The van der Waals surface area contributed by atoms with Crippen LogP contribution in [-0.2, 0) is 11.3 Å². The molecule has 1 aromatic rings. The van der Waals surface area contributed by atoms with E-state index in [4.69, 9.17) is 4.74 Å². The molecule has 1 rings (SSSR count). The van der Waals surface area contributed by atoms with Crippen molar-refractivity contribution < 1.29 is 9.84 Å². The zero-order chi connectivity index (χ0) is 13.4. The summed E-state index contributed by atoms with van der Waals surface area (Å²) in [5, 5.41) is 13.0. The number of thiophene rings is 1. The molecule has 18 heavy (non-hydrogen) atoms. The Kier molecular flexibility index (Phi) is 7.51. The first-order valence-corrected chi connectivity index (χ1v) is 7.47. The Morgan fingerprint density at radius 2 is 2.22 bits per heavy atom. The van der Waals surface area contributed by atoms with Crippen molar-refractivity contribution in [2.75, 3.05) is 19.8 Å². The van der Waals surface area contributed by atoms with Gasteiger partial charge in [-0.3, -0.25) is 0 Å². The topological polar surface area (TPSA) is 41.5 Å². The fourth-order valence-corrected chi connectivity index (χ4v) is 2.65. The third kappa shape index (κ3) is 5.96. The van der Waals surface area contributed by atoms with E-state index in [0.29, 0.717) is 13.2 Å². The highest BCUT2D eigenvalue weighted by Gasteiger charge is 2.05. The predicted octanol–water partition coefficient (Wildman–Crippen LogP) is 2.63. The van der Waals surface area contributed by atoms with Crippen LogP contribution in [0.25, 0.3) is 0 Å². The average molecular weight is 271 g/mol. The van der Waals surface area contributed by atoms with E-state index in [2.05, 4.69) is 32.2 Å². The van der Waals surface area contributed by atoms with Crippen LogP contribution in [0, 0.1) is 13.8 Å². The van der Waals surface area contributed by atoms with Crippen LogP contribution in [0.3, 0.4) is 0 Å². The van der Waals surface area contributed by atoms with E-state index in [1.807, 2.05) is 11.3 Å². The van der Waals surface area contributed by atoms with Crippen molar-refractivity contribution in [3.05, 3.63) is 21.4 Å². The molecule has 3 nitrogen and oxygen atoms in total. The van der Waals surface area contributed by atoms with Crippen LogP contribution in [0.4, 0.5) is 0 Å². The van der Waals surface area contributed by atoms with E-state index in [1.165, 1.54) is 15.3 Å². The van der Waals surface area contributed by atoms with Gasteiger partial charge in [0.2, 0.25) is 0 Å². The molecule has 4 heteroatoms. The lowest BCUT2D eigenvalue weighted by atomic mass is 10.3. The summed E-state index contributed by atoms with van der Waals surface area (Å²) in [5.41, 5.74) is 1.35. The molecule has 1 atom stereocenters. The van der Waals surface area contributed by atoms with Crippen LogP contribution in [0.2, 0.25) is 0 Å². The Hall–Kier alpha value is -0.420. The number of hydrogen-bond acceptors (Lipinski definition) is 4. The van der Waals surface area contributed by atoms with Gasteiger partial charge in [0.05, 0.1) is 12.7 Å². The zero-order valence-electron chi connectivity index (χ0n) is 11.7. The molecule has 2 N–H and O–H groups in total. The van der Waals surface area contributed by atoms with Gasteiger partial charge in [-0.25, -0.2) is 0 Å². The highest BCUT2D eigenvalue weighted by molar-refractivity contribution is 7.12. The summed E-state index contributed by atoms with van der Waals surface area (Å²) in [4.78, 5) is 2.69. The molecule has 0 radical (unpaired) electrons. The summed E-state index contributed by atoms with van der Waals surface area (Å²) < 4.78 is 5.37. The van der Waals surface area contributed by atoms with E-state index in [1.54, 1.807) is 0 Å². The quantitative estimate of drug-likeness (QED) is 0.678. The lowest BCUT2D eigenvalue weighted by Gasteiger charge is -2.11. The molecule has 0 aliphatic rings. The highest BCUT2D eigenvalue weighted by atomic mass is 32.1. The molecular weight excluding hydrogens is 246 g/mol. The summed E-state index contributed by atoms with van der Waals surface area (Å²) in [6.07, 6.45) is 1.78. The third-order valence-electron chi connectivity index (χ3n) is 2.85. The monoisotopic (exact) mass is 271 g/mol. The fraction of sp³-hybridized carbons (Fsp3) is 0.714. The van der Waals surface area contributed by atoms with E-state index in [-0.39, 0.29) is 0 Å². The van der Waals surface area contributed by atoms with Crippen molar-refractivity contribution in [1.82, 2.24) is 5.32 Å². The van der Waals surface area contributed by atoms with Crippen molar-refractivity contribution >= 4 is 11.3 Å². The summed E-state index contributed by atoms with van der Waals surface area (Å²) in [7, 11) is 0. The van der Waals surface area contributed by atoms with E-state index < -0.39 is 6.10 Å². The maximum atomic E-state index is 9.70. The maximum absolute atomic E-state index is 9.70. The van der Waals surface area contributed by atoms with Gasteiger partial charge >= 0.3 is 0 Å². The molecule has 0 spiro atoms. The van der Waals surface area contributed by atoms with E-state index >= 15 is 0 Å². The van der Waals surface area contributed by atoms with Crippen molar-refractivity contribution in [3.63, 3.8) is 0 Å². The van der Waals surface area contributed by atoms with Gasteiger partial charge in [0.15, 0.2) is 0 Å². The smallest absolute Gasteiger partial charge is 0.0897 e. The van der Waals surface area contributed by atoms with Gasteiger partial charge in [-0.1, -0.05) is 13.3 Å². The number of aliphatic hydroxyl groups is 1. The van der Waals surface area contributed by atoms with Gasteiger partial charge in [0.25, 0.3) is 0 Å². The lowest BCUT2D eigenvalue weighted by Crippen LogP contribution is -2.30. The van der Waals surface area contributed by atoms with Crippen molar-refractivity contribution in [3.8, 4) is 0 Å². The number of aryl methyl sites for hydroxylation is 2. The molecule has 0 aromatic carbocycles. The molecule has 0 bridgehead atoms. The van der Waals surface area contributed by atoms with Gasteiger partial charge < -0.3 is 15.2 Å². The summed E-state index contributed by atoms with van der Waals surface area (Å²) in [5.74, 6) is 0. The molecule has 0 aliphatic heterocycles. The van der Waals surface area contributed by atoms with Crippen LogP contribution in [-0.4, -0.2) is 31.0 Å². The molecule has 1 heterocycles. The molecule has 0 saturated heterocycles. The lowest BCUT2D eigenvalue weighted by molar-refractivity contribution is 0.0358. The largest absolute Gasteiger partial charge is 0.389 e. The van der Waals surface area contributed by atoms with Crippen LogP contribution < -0.4 is 5.32 Å². The number of rotatable bonds is 9. The summed E-state index contributed by atoms with van der Waals surface area (Å²) >= 11 is 1.82. The fourth-order valence-electron chi connectivity index (χ4n) is 1.62. The first kappa shape index (κ1) is 15.6. The van der Waals surface area contributed by atoms with Crippen LogP contribution in [0.1, 0.15) is 35.1 Å². The van der Waals surface area contributed by atoms with E-state index in [9.17, 15) is 5.11 Å². The normalized spacial score (nSPS) is 12.9. The van der Waals surface area contributed by atoms with E-state index in [0.717, 1.165) is 26.0 Å². The first-order chi connectivity index (χ1) is 8.63. The molecule has 0 fully saturated rings. The standard InChI is InChI=1S/C14H25NO2S/c1-4-5-6-17-10-13(16)8-15-9-14-7-11(2)12(3)18-14/h7,13,15-16H,4-6,8-10H2,1-3H3. The molecule has 0 saturated carbocycles.